The predicted octanol–water partition coefficient (Wildman–Crippen LogP) is 3.57. The molecule has 0 spiro atoms. The SMILES string of the molecule is C=CCNC(=O)N(Cc1ccc(F)cc1)c1cccc(CC(=O)NC[C@@H]2CCCO2)c1. The average Bonchev–Trinajstić information content (AvgIpc) is 3.29. The van der Waals surface area contributed by atoms with Crippen molar-refractivity contribution in [2.24, 2.45) is 0 Å². The standard InChI is InChI=1S/C24H28FN3O3/c1-2-12-26-24(30)28(17-18-8-10-20(25)11-9-18)21-6-3-5-19(14-21)15-23(29)27-16-22-7-4-13-31-22/h2-3,5-6,8-11,14,22H,1,4,7,12-13,15-17H2,(H,26,30)(H,27,29)/t22-/m0/s1. The molecule has 2 aromatic carbocycles. The van der Waals surface area contributed by atoms with Crippen LogP contribution < -0.4 is 15.5 Å². The van der Waals surface area contributed by atoms with Gasteiger partial charge in [0.1, 0.15) is 5.82 Å². The fourth-order valence-electron chi connectivity index (χ4n) is 3.42. The van der Waals surface area contributed by atoms with E-state index in [9.17, 15) is 14.0 Å². The van der Waals surface area contributed by atoms with Gasteiger partial charge in [0.2, 0.25) is 5.91 Å². The Morgan fingerprint density at radius 1 is 1.16 bits per heavy atom. The molecule has 0 bridgehead atoms. The van der Waals surface area contributed by atoms with Crippen LogP contribution in [0.3, 0.4) is 0 Å². The Morgan fingerprint density at radius 2 is 1.97 bits per heavy atom. The van der Waals surface area contributed by atoms with E-state index in [2.05, 4.69) is 17.2 Å². The second-order valence-electron chi connectivity index (χ2n) is 7.47. The molecule has 0 saturated carbocycles. The van der Waals surface area contributed by atoms with Gasteiger partial charge in [0, 0.05) is 25.4 Å². The highest BCUT2D eigenvalue weighted by atomic mass is 19.1. The van der Waals surface area contributed by atoms with Crippen molar-refractivity contribution < 1.29 is 18.7 Å². The predicted molar refractivity (Wildman–Crippen MR) is 118 cm³/mol. The second kappa shape index (κ2) is 11.3. The van der Waals surface area contributed by atoms with Gasteiger partial charge >= 0.3 is 6.03 Å². The summed E-state index contributed by atoms with van der Waals surface area (Å²) < 4.78 is 18.8. The van der Waals surface area contributed by atoms with Crippen molar-refractivity contribution in [3.05, 3.63) is 78.1 Å². The van der Waals surface area contributed by atoms with Crippen LogP contribution in [0.2, 0.25) is 0 Å². The van der Waals surface area contributed by atoms with Gasteiger partial charge in [-0.05, 0) is 48.2 Å². The van der Waals surface area contributed by atoms with Gasteiger partial charge in [-0.2, -0.15) is 0 Å². The number of nitrogens with zero attached hydrogens (tertiary/aromatic N) is 1. The molecule has 31 heavy (non-hydrogen) atoms. The lowest BCUT2D eigenvalue weighted by molar-refractivity contribution is -0.120. The Kier molecular flexibility index (Phi) is 8.18. The maximum absolute atomic E-state index is 13.3. The lowest BCUT2D eigenvalue weighted by Crippen LogP contribution is -2.39. The number of carbonyl (C=O) groups excluding carboxylic acids is 2. The molecular formula is C24H28FN3O3. The van der Waals surface area contributed by atoms with Crippen molar-refractivity contribution >= 4 is 17.6 Å². The van der Waals surface area contributed by atoms with Crippen LogP contribution >= 0.6 is 0 Å². The highest BCUT2D eigenvalue weighted by molar-refractivity contribution is 5.92. The number of carbonyl (C=O) groups is 2. The number of halogens is 1. The summed E-state index contributed by atoms with van der Waals surface area (Å²) in [5, 5.41) is 5.69. The topological polar surface area (TPSA) is 70.7 Å². The smallest absolute Gasteiger partial charge is 0.322 e. The van der Waals surface area contributed by atoms with E-state index in [1.165, 1.54) is 12.1 Å². The lowest BCUT2D eigenvalue weighted by atomic mass is 10.1. The third-order valence-electron chi connectivity index (χ3n) is 5.03. The van der Waals surface area contributed by atoms with E-state index in [4.69, 9.17) is 4.74 Å². The van der Waals surface area contributed by atoms with Gasteiger partial charge in [-0.25, -0.2) is 9.18 Å². The molecule has 0 aliphatic carbocycles. The number of nitrogens with one attached hydrogen (secondary N) is 2. The molecule has 1 saturated heterocycles. The maximum atomic E-state index is 13.3. The minimum Gasteiger partial charge on any atom is -0.376 e. The Bertz CT molecular complexity index is 895. The summed E-state index contributed by atoms with van der Waals surface area (Å²) >= 11 is 0. The zero-order valence-corrected chi connectivity index (χ0v) is 17.5. The van der Waals surface area contributed by atoms with Gasteiger partial charge in [0.25, 0.3) is 0 Å². The Labute approximate surface area is 182 Å². The number of hydrogen-bond acceptors (Lipinski definition) is 3. The highest BCUT2D eigenvalue weighted by Gasteiger charge is 2.18. The molecule has 3 rings (SSSR count). The minimum atomic E-state index is -0.331. The fourth-order valence-corrected chi connectivity index (χ4v) is 3.42. The van der Waals surface area contributed by atoms with E-state index in [0.717, 1.165) is 30.6 Å². The van der Waals surface area contributed by atoms with Crippen LogP contribution in [0, 0.1) is 5.82 Å². The Balaban J connectivity index is 1.70. The first-order valence-electron chi connectivity index (χ1n) is 10.4. The largest absolute Gasteiger partial charge is 0.376 e. The van der Waals surface area contributed by atoms with E-state index < -0.39 is 0 Å². The molecule has 1 atom stereocenters. The summed E-state index contributed by atoms with van der Waals surface area (Å²) in [7, 11) is 0. The third kappa shape index (κ3) is 6.93. The average molecular weight is 426 g/mol. The molecule has 164 valence electrons. The molecule has 1 aliphatic heterocycles. The van der Waals surface area contributed by atoms with Crippen molar-refractivity contribution in [2.45, 2.75) is 31.9 Å². The second-order valence-corrected chi connectivity index (χ2v) is 7.47. The van der Waals surface area contributed by atoms with Crippen molar-refractivity contribution in [1.29, 1.82) is 0 Å². The first-order chi connectivity index (χ1) is 15.0. The fraction of sp³-hybridized carbons (Fsp3) is 0.333. The first-order valence-corrected chi connectivity index (χ1v) is 10.4. The van der Waals surface area contributed by atoms with Gasteiger partial charge in [0.05, 0.1) is 19.1 Å². The summed E-state index contributed by atoms with van der Waals surface area (Å²) in [4.78, 5) is 26.7. The van der Waals surface area contributed by atoms with Gasteiger partial charge in [-0.15, -0.1) is 6.58 Å². The van der Waals surface area contributed by atoms with Gasteiger partial charge in [-0.1, -0.05) is 30.3 Å². The molecule has 1 fully saturated rings. The number of hydrogen-bond donors (Lipinski definition) is 2. The van der Waals surface area contributed by atoms with Crippen molar-refractivity contribution in [3.8, 4) is 0 Å². The number of urea groups is 1. The molecule has 2 N–H and O–H groups in total. The lowest BCUT2D eigenvalue weighted by Gasteiger charge is -2.24. The number of ether oxygens (including phenoxy) is 1. The Morgan fingerprint density at radius 3 is 2.68 bits per heavy atom. The summed E-state index contributed by atoms with van der Waals surface area (Å²) in [6.45, 7) is 5.47. The summed E-state index contributed by atoms with van der Waals surface area (Å²) in [5.41, 5.74) is 2.23. The molecule has 1 aliphatic rings. The first kappa shape index (κ1) is 22.5. The summed E-state index contributed by atoms with van der Waals surface area (Å²) in [6.07, 6.45) is 3.89. The van der Waals surface area contributed by atoms with Gasteiger partial charge < -0.3 is 15.4 Å². The number of amides is 3. The van der Waals surface area contributed by atoms with E-state index >= 15 is 0 Å². The van der Waals surface area contributed by atoms with Crippen molar-refractivity contribution in [3.63, 3.8) is 0 Å². The zero-order valence-electron chi connectivity index (χ0n) is 17.5. The van der Waals surface area contributed by atoms with Gasteiger partial charge in [0.15, 0.2) is 0 Å². The molecule has 2 aromatic rings. The molecular weight excluding hydrogens is 397 g/mol. The highest BCUT2D eigenvalue weighted by Crippen LogP contribution is 2.20. The Hall–Kier alpha value is -3.19. The number of anilines is 1. The van der Waals surface area contributed by atoms with Crippen molar-refractivity contribution in [2.75, 3.05) is 24.6 Å². The summed E-state index contributed by atoms with van der Waals surface area (Å²) in [6, 6.07) is 13.0. The van der Waals surface area contributed by atoms with Crippen LogP contribution in [0.25, 0.3) is 0 Å². The van der Waals surface area contributed by atoms with Gasteiger partial charge in [-0.3, -0.25) is 9.69 Å². The zero-order chi connectivity index (χ0) is 22.1. The van der Waals surface area contributed by atoms with Crippen LogP contribution in [0.5, 0.6) is 0 Å². The van der Waals surface area contributed by atoms with Crippen LogP contribution in [0.15, 0.2) is 61.2 Å². The van der Waals surface area contributed by atoms with E-state index in [1.54, 1.807) is 23.1 Å². The minimum absolute atomic E-state index is 0.0890. The van der Waals surface area contributed by atoms with E-state index in [1.807, 2.05) is 24.3 Å². The molecule has 0 radical (unpaired) electrons. The molecule has 1 heterocycles. The molecule has 6 nitrogen and oxygen atoms in total. The van der Waals surface area contributed by atoms with E-state index in [-0.39, 0.29) is 36.8 Å². The molecule has 3 amide bonds. The van der Waals surface area contributed by atoms with E-state index in [0.29, 0.717) is 18.8 Å². The molecule has 0 unspecified atom stereocenters. The normalized spacial score (nSPS) is 15.3. The molecule has 7 heteroatoms. The van der Waals surface area contributed by atoms with Crippen LogP contribution in [0.4, 0.5) is 14.9 Å². The molecule has 0 aromatic heterocycles. The summed E-state index contributed by atoms with van der Waals surface area (Å²) in [5.74, 6) is -0.420. The van der Waals surface area contributed by atoms with Crippen molar-refractivity contribution in [1.82, 2.24) is 10.6 Å². The van der Waals surface area contributed by atoms with Crippen LogP contribution in [-0.2, 0) is 22.5 Å². The number of benzene rings is 2. The van der Waals surface area contributed by atoms with Crippen LogP contribution in [0.1, 0.15) is 24.0 Å². The number of rotatable bonds is 9. The monoisotopic (exact) mass is 425 g/mol. The quantitative estimate of drug-likeness (QED) is 0.604. The third-order valence-corrected chi connectivity index (χ3v) is 5.03. The maximum Gasteiger partial charge on any atom is 0.322 e. The van der Waals surface area contributed by atoms with Crippen LogP contribution in [-0.4, -0.2) is 37.7 Å².